The summed E-state index contributed by atoms with van der Waals surface area (Å²) < 4.78 is 5.86. The van der Waals surface area contributed by atoms with Crippen LogP contribution >= 0.6 is 11.3 Å². The van der Waals surface area contributed by atoms with Gasteiger partial charge >= 0.3 is 5.97 Å². The summed E-state index contributed by atoms with van der Waals surface area (Å²) in [4.78, 5) is 16.7. The van der Waals surface area contributed by atoms with E-state index in [0.717, 1.165) is 50.9 Å². The average molecular weight is 456 g/mol. The summed E-state index contributed by atoms with van der Waals surface area (Å²) in [5.41, 5.74) is 2.62. The van der Waals surface area contributed by atoms with Gasteiger partial charge in [-0.05, 0) is 79.6 Å². The molecule has 1 aromatic heterocycles. The lowest BCUT2D eigenvalue weighted by Gasteiger charge is -2.35. The summed E-state index contributed by atoms with van der Waals surface area (Å²) in [6, 6.07) is 11.2. The molecule has 0 spiro atoms. The molecule has 0 saturated carbocycles. The molecule has 3 rings (SSSR count). The van der Waals surface area contributed by atoms with Crippen LogP contribution in [0.1, 0.15) is 81.7 Å². The standard InChI is InChI=1S/C28H41NO2S/c1-4-6-9-22(3)13-16-28(30)31-27-12-7-10-23-21-24(14-15-26(23)27)29(18-5-2)19-17-25-11-8-20-32-25/h7-8,10-12,20,22,24H,4-6,9,13-19,21H2,1-3H3. The highest BCUT2D eigenvalue weighted by Gasteiger charge is 2.26. The van der Waals surface area contributed by atoms with Crippen LogP contribution in [0.4, 0.5) is 0 Å². The van der Waals surface area contributed by atoms with Gasteiger partial charge in [-0.3, -0.25) is 9.69 Å². The molecule has 0 N–H and O–H groups in total. The fourth-order valence-corrected chi connectivity index (χ4v) is 5.57. The molecule has 1 aliphatic rings. The molecule has 0 fully saturated rings. The van der Waals surface area contributed by atoms with Gasteiger partial charge in [0.1, 0.15) is 5.75 Å². The first-order valence-corrected chi connectivity index (χ1v) is 13.6. The van der Waals surface area contributed by atoms with Crippen LogP contribution in [0.5, 0.6) is 5.75 Å². The molecule has 0 amide bonds. The molecular weight excluding hydrogens is 414 g/mol. The van der Waals surface area contributed by atoms with Crippen molar-refractivity contribution in [3.8, 4) is 5.75 Å². The third-order valence-corrected chi connectivity index (χ3v) is 7.72. The van der Waals surface area contributed by atoms with Gasteiger partial charge in [0.25, 0.3) is 0 Å². The molecule has 1 aromatic carbocycles. The molecule has 32 heavy (non-hydrogen) atoms. The number of fused-ring (bicyclic) bond motifs is 1. The van der Waals surface area contributed by atoms with E-state index in [1.54, 1.807) is 0 Å². The zero-order valence-corrected chi connectivity index (χ0v) is 21.1. The number of unbranched alkanes of at least 4 members (excludes halogenated alkanes) is 1. The number of esters is 1. The van der Waals surface area contributed by atoms with Crippen LogP contribution in [0.15, 0.2) is 35.7 Å². The Morgan fingerprint density at radius 2 is 2.03 bits per heavy atom. The Morgan fingerprint density at radius 1 is 1.16 bits per heavy atom. The smallest absolute Gasteiger partial charge is 0.311 e. The molecule has 3 nitrogen and oxygen atoms in total. The number of carbonyl (C=O) groups is 1. The van der Waals surface area contributed by atoms with E-state index >= 15 is 0 Å². The first kappa shape index (κ1) is 25.0. The summed E-state index contributed by atoms with van der Waals surface area (Å²) in [6.07, 6.45) is 10.6. The van der Waals surface area contributed by atoms with E-state index in [9.17, 15) is 4.79 Å². The molecule has 1 heterocycles. The highest BCUT2D eigenvalue weighted by Crippen LogP contribution is 2.32. The highest BCUT2D eigenvalue weighted by atomic mass is 32.1. The average Bonchev–Trinajstić information content (AvgIpc) is 3.32. The van der Waals surface area contributed by atoms with Gasteiger partial charge in [0.2, 0.25) is 0 Å². The zero-order chi connectivity index (χ0) is 22.8. The lowest BCUT2D eigenvalue weighted by Crippen LogP contribution is -2.41. The van der Waals surface area contributed by atoms with Gasteiger partial charge in [0.05, 0.1) is 0 Å². The second-order valence-electron chi connectivity index (χ2n) is 9.42. The summed E-state index contributed by atoms with van der Waals surface area (Å²) in [5.74, 6) is 1.31. The van der Waals surface area contributed by atoms with E-state index in [1.807, 2.05) is 17.4 Å². The Labute approximate surface area is 199 Å². The van der Waals surface area contributed by atoms with Crippen LogP contribution < -0.4 is 4.74 Å². The van der Waals surface area contributed by atoms with E-state index in [1.165, 1.54) is 41.7 Å². The van der Waals surface area contributed by atoms with Crippen LogP contribution in [0.25, 0.3) is 0 Å². The van der Waals surface area contributed by atoms with E-state index in [0.29, 0.717) is 18.4 Å². The number of hydrogen-bond acceptors (Lipinski definition) is 4. The maximum atomic E-state index is 12.5. The van der Waals surface area contributed by atoms with Crippen molar-refractivity contribution in [2.45, 2.75) is 91.0 Å². The van der Waals surface area contributed by atoms with Gasteiger partial charge in [-0.15, -0.1) is 11.3 Å². The number of benzene rings is 1. The number of carbonyl (C=O) groups excluding carboxylic acids is 1. The van der Waals surface area contributed by atoms with Gasteiger partial charge in [0.15, 0.2) is 0 Å². The molecule has 0 saturated heterocycles. The van der Waals surface area contributed by atoms with E-state index < -0.39 is 0 Å². The second kappa shape index (κ2) is 13.2. The van der Waals surface area contributed by atoms with Crippen LogP contribution in [-0.4, -0.2) is 30.0 Å². The molecule has 2 aromatic rings. The maximum absolute atomic E-state index is 12.5. The SMILES string of the molecule is CCCCC(C)CCC(=O)Oc1cccc2c1CCC(N(CCC)CCc1cccs1)C2. The number of ether oxygens (including phenoxy) is 1. The lowest BCUT2D eigenvalue weighted by molar-refractivity contribution is -0.134. The third-order valence-electron chi connectivity index (χ3n) is 6.78. The fourth-order valence-electron chi connectivity index (χ4n) is 4.87. The number of hydrogen-bond donors (Lipinski definition) is 0. The molecule has 0 radical (unpaired) electrons. The first-order chi connectivity index (χ1) is 15.6. The monoisotopic (exact) mass is 455 g/mol. The minimum atomic E-state index is -0.0765. The van der Waals surface area contributed by atoms with Gasteiger partial charge in [0, 0.05) is 23.9 Å². The lowest BCUT2D eigenvalue weighted by atomic mass is 9.86. The summed E-state index contributed by atoms with van der Waals surface area (Å²) in [6.45, 7) is 9.01. The van der Waals surface area contributed by atoms with Crippen LogP contribution in [0, 0.1) is 5.92 Å². The third kappa shape index (κ3) is 7.45. The summed E-state index contributed by atoms with van der Waals surface area (Å²) in [7, 11) is 0. The predicted octanol–water partition coefficient (Wildman–Crippen LogP) is 7.07. The fraction of sp³-hybridized carbons (Fsp3) is 0.607. The Morgan fingerprint density at radius 3 is 2.78 bits per heavy atom. The maximum Gasteiger partial charge on any atom is 0.311 e. The van der Waals surface area contributed by atoms with E-state index in [4.69, 9.17) is 4.74 Å². The first-order valence-electron chi connectivity index (χ1n) is 12.7. The van der Waals surface area contributed by atoms with Crippen LogP contribution in [0.3, 0.4) is 0 Å². The predicted molar refractivity (Wildman–Crippen MR) is 136 cm³/mol. The number of thiophene rings is 1. The molecule has 0 bridgehead atoms. The van der Waals surface area contributed by atoms with Crippen molar-refractivity contribution in [3.05, 3.63) is 51.7 Å². The van der Waals surface area contributed by atoms with Gasteiger partial charge < -0.3 is 4.74 Å². The Bertz CT molecular complexity index is 817. The van der Waals surface area contributed by atoms with Crippen LogP contribution in [0.2, 0.25) is 0 Å². The summed E-state index contributed by atoms with van der Waals surface area (Å²) >= 11 is 1.86. The molecule has 2 unspecified atom stereocenters. The molecule has 2 atom stereocenters. The zero-order valence-electron chi connectivity index (χ0n) is 20.3. The minimum Gasteiger partial charge on any atom is -0.426 e. The largest absolute Gasteiger partial charge is 0.426 e. The van der Waals surface area contributed by atoms with E-state index in [2.05, 4.69) is 55.3 Å². The van der Waals surface area contributed by atoms with Gasteiger partial charge in [-0.2, -0.15) is 0 Å². The van der Waals surface area contributed by atoms with Crippen molar-refractivity contribution < 1.29 is 9.53 Å². The van der Waals surface area contributed by atoms with Crippen molar-refractivity contribution in [2.75, 3.05) is 13.1 Å². The minimum absolute atomic E-state index is 0.0765. The second-order valence-corrected chi connectivity index (χ2v) is 10.4. The molecule has 176 valence electrons. The highest BCUT2D eigenvalue weighted by molar-refractivity contribution is 7.09. The molecule has 0 aliphatic heterocycles. The van der Waals surface area contributed by atoms with Crippen molar-refractivity contribution in [3.63, 3.8) is 0 Å². The van der Waals surface area contributed by atoms with Crippen molar-refractivity contribution >= 4 is 17.3 Å². The van der Waals surface area contributed by atoms with E-state index in [-0.39, 0.29) is 5.97 Å². The summed E-state index contributed by atoms with van der Waals surface area (Å²) in [5, 5.41) is 2.17. The van der Waals surface area contributed by atoms with Crippen molar-refractivity contribution in [1.82, 2.24) is 4.90 Å². The Balaban J connectivity index is 1.57. The molecule has 4 heteroatoms. The topological polar surface area (TPSA) is 29.5 Å². The normalized spacial score (nSPS) is 16.7. The van der Waals surface area contributed by atoms with Crippen molar-refractivity contribution in [1.29, 1.82) is 0 Å². The van der Waals surface area contributed by atoms with Gasteiger partial charge in [-0.1, -0.05) is 58.2 Å². The molecular formula is C28H41NO2S. The number of rotatable bonds is 13. The Hall–Kier alpha value is -1.65. The number of nitrogens with zero attached hydrogens (tertiary/aromatic N) is 1. The quantitative estimate of drug-likeness (QED) is 0.239. The molecule has 1 aliphatic carbocycles. The van der Waals surface area contributed by atoms with Crippen molar-refractivity contribution in [2.24, 2.45) is 5.92 Å². The van der Waals surface area contributed by atoms with Crippen LogP contribution in [-0.2, 0) is 24.1 Å². The Kier molecular flexibility index (Phi) is 10.3. The van der Waals surface area contributed by atoms with Gasteiger partial charge in [-0.25, -0.2) is 0 Å².